The number of benzene rings is 2. The minimum absolute atomic E-state index is 0.0284. The molecule has 3 rings (SSSR count). The molecular formula is C19H21Cl2N3O2. The molecular weight excluding hydrogens is 373 g/mol. The molecule has 0 radical (unpaired) electrons. The Labute approximate surface area is 163 Å². The minimum Gasteiger partial charge on any atom is -0.495 e. The van der Waals surface area contributed by atoms with E-state index in [1.807, 2.05) is 29.2 Å². The van der Waals surface area contributed by atoms with Crippen LogP contribution in [0.25, 0.3) is 0 Å². The molecule has 0 unspecified atom stereocenters. The lowest BCUT2D eigenvalue weighted by Crippen LogP contribution is -2.50. The van der Waals surface area contributed by atoms with Crippen molar-refractivity contribution in [2.45, 2.75) is 0 Å². The number of rotatable bonds is 5. The topological polar surface area (TPSA) is 44.8 Å². The predicted octanol–water partition coefficient (Wildman–Crippen LogP) is 3.76. The zero-order valence-electron chi connectivity index (χ0n) is 14.5. The third kappa shape index (κ3) is 4.17. The lowest BCUT2D eigenvalue weighted by atomic mass is 10.2. The second-order valence-corrected chi connectivity index (χ2v) is 6.80. The smallest absolute Gasteiger partial charge is 0.241 e. The number of methoxy groups -OCH3 is 1. The first-order valence-corrected chi connectivity index (χ1v) is 9.19. The quantitative estimate of drug-likeness (QED) is 0.839. The summed E-state index contributed by atoms with van der Waals surface area (Å²) in [4.78, 5) is 16.6. The highest BCUT2D eigenvalue weighted by Crippen LogP contribution is 2.30. The van der Waals surface area contributed by atoms with Gasteiger partial charge in [0, 0.05) is 26.2 Å². The van der Waals surface area contributed by atoms with Crippen LogP contribution in [0.15, 0.2) is 42.5 Å². The maximum Gasteiger partial charge on any atom is 0.241 e. The van der Waals surface area contributed by atoms with Gasteiger partial charge in [-0.05, 0) is 24.3 Å². The number of amides is 1. The molecule has 1 aliphatic heterocycles. The van der Waals surface area contributed by atoms with Gasteiger partial charge in [-0.2, -0.15) is 0 Å². The van der Waals surface area contributed by atoms with E-state index in [1.54, 1.807) is 25.3 Å². The van der Waals surface area contributed by atoms with Crippen molar-refractivity contribution in [2.24, 2.45) is 0 Å². The third-order valence-electron chi connectivity index (χ3n) is 4.44. The van der Waals surface area contributed by atoms with Gasteiger partial charge in [0.05, 0.1) is 35.1 Å². The third-order valence-corrected chi connectivity index (χ3v) is 5.07. The van der Waals surface area contributed by atoms with Gasteiger partial charge >= 0.3 is 0 Å². The number of halogens is 2. The summed E-state index contributed by atoms with van der Waals surface area (Å²) in [6, 6.07) is 13.2. The summed E-state index contributed by atoms with van der Waals surface area (Å²) in [6.45, 7) is 3.01. The summed E-state index contributed by atoms with van der Waals surface area (Å²) in [5.74, 6) is 0.878. The van der Waals surface area contributed by atoms with E-state index in [1.165, 1.54) is 0 Å². The highest BCUT2D eigenvalue weighted by atomic mass is 35.5. The summed E-state index contributed by atoms with van der Waals surface area (Å²) in [6.07, 6.45) is 0. The second kappa shape index (κ2) is 8.52. The van der Waals surface area contributed by atoms with Gasteiger partial charge in [0.2, 0.25) is 5.91 Å². The monoisotopic (exact) mass is 393 g/mol. The van der Waals surface area contributed by atoms with Crippen LogP contribution >= 0.6 is 23.2 Å². The number of hydrogen-bond acceptors (Lipinski definition) is 4. The van der Waals surface area contributed by atoms with Gasteiger partial charge in [-0.15, -0.1) is 0 Å². The molecule has 1 aliphatic rings. The first kappa shape index (κ1) is 18.7. The first-order chi connectivity index (χ1) is 12.6. The van der Waals surface area contributed by atoms with Crippen LogP contribution in [0.1, 0.15) is 0 Å². The molecule has 5 nitrogen and oxygen atoms in total. The maximum atomic E-state index is 12.5. The number of anilines is 2. The van der Waals surface area contributed by atoms with Gasteiger partial charge in [0.25, 0.3) is 0 Å². The highest BCUT2D eigenvalue weighted by molar-refractivity contribution is 6.39. The number of piperazine rings is 1. The van der Waals surface area contributed by atoms with E-state index >= 15 is 0 Å². The zero-order valence-corrected chi connectivity index (χ0v) is 16.1. The lowest BCUT2D eigenvalue weighted by molar-refractivity contribution is -0.129. The van der Waals surface area contributed by atoms with Crippen molar-refractivity contribution in [1.82, 2.24) is 4.90 Å². The molecule has 0 bridgehead atoms. The van der Waals surface area contributed by atoms with Crippen LogP contribution in [-0.2, 0) is 4.79 Å². The van der Waals surface area contributed by atoms with Gasteiger partial charge < -0.3 is 19.9 Å². The van der Waals surface area contributed by atoms with E-state index in [9.17, 15) is 4.79 Å². The van der Waals surface area contributed by atoms with E-state index in [4.69, 9.17) is 27.9 Å². The summed E-state index contributed by atoms with van der Waals surface area (Å²) in [5, 5.41) is 4.06. The number of nitrogens with zero attached hydrogens (tertiary/aromatic N) is 2. The molecule has 0 saturated carbocycles. The molecule has 138 valence electrons. The molecule has 26 heavy (non-hydrogen) atoms. The van der Waals surface area contributed by atoms with Gasteiger partial charge in [-0.25, -0.2) is 0 Å². The van der Waals surface area contributed by atoms with E-state index < -0.39 is 0 Å². The van der Waals surface area contributed by atoms with Crippen LogP contribution in [0, 0.1) is 0 Å². The summed E-state index contributed by atoms with van der Waals surface area (Å²) >= 11 is 12.2. The Kier molecular flexibility index (Phi) is 6.12. The largest absolute Gasteiger partial charge is 0.495 e. The second-order valence-electron chi connectivity index (χ2n) is 5.99. The van der Waals surface area contributed by atoms with Crippen LogP contribution in [0.3, 0.4) is 0 Å². The summed E-state index contributed by atoms with van der Waals surface area (Å²) in [5.41, 5.74) is 1.65. The molecule has 0 spiro atoms. The normalized spacial score (nSPS) is 14.3. The average Bonchev–Trinajstić information content (AvgIpc) is 2.67. The van der Waals surface area contributed by atoms with E-state index in [0.29, 0.717) is 28.8 Å². The standard InChI is InChI=1S/C19H21Cl2N3O2/c1-26-17-8-3-2-7-16(17)23-9-11-24(12-10-23)18(25)13-22-19-14(20)5-4-6-15(19)21/h2-8,22H,9-13H2,1H3. The number of nitrogens with one attached hydrogen (secondary N) is 1. The van der Waals surface area contributed by atoms with Crippen molar-refractivity contribution < 1.29 is 9.53 Å². The molecule has 2 aromatic rings. The summed E-state index contributed by atoms with van der Waals surface area (Å²) in [7, 11) is 1.67. The number of ether oxygens (including phenoxy) is 1. The number of hydrogen-bond donors (Lipinski definition) is 1. The Morgan fingerprint density at radius 1 is 1.04 bits per heavy atom. The number of carbonyl (C=O) groups excluding carboxylic acids is 1. The molecule has 7 heteroatoms. The van der Waals surface area contributed by atoms with Crippen molar-refractivity contribution in [2.75, 3.05) is 50.1 Å². The number of carbonyl (C=O) groups is 1. The van der Waals surface area contributed by atoms with Crippen LogP contribution < -0.4 is 15.0 Å². The predicted molar refractivity (Wildman–Crippen MR) is 107 cm³/mol. The minimum atomic E-state index is 0.0284. The molecule has 0 atom stereocenters. The molecule has 1 amide bonds. The van der Waals surface area contributed by atoms with Crippen LogP contribution in [0.4, 0.5) is 11.4 Å². The average molecular weight is 394 g/mol. The molecule has 0 aromatic heterocycles. The van der Waals surface area contributed by atoms with Crippen molar-refractivity contribution in [3.8, 4) is 5.75 Å². The maximum absolute atomic E-state index is 12.5. The van der Waals surface area contributed by atoms with Crippen molar-refractivity contribution in [1.29, 1.82) is 0 Å². The fourth-order valence-electron chi connectivity index (χ4n) is 3.03. The first-order valence-electron chi connectivity index (χ1n) is 8.44. The Balaban J connectivity index is 1.55. The van der Waals surface area contributed by atoms with Gasteiger partial charge in [0.15, 0.2) is 0 Å². The van der Waals surface area contributed by atoms with Crippen LogP contribution in [-0.4, -0.2) is 50.6 Å². The highest BCUT2D eigenvalue weighted by Gasteiger charge is 2.22. The van der Waals surface area contributed by atoms with Crippen molar-refractivity contribution in [3.63, 3.8) is 0 Å². The van der Waals surface area contributed by atoms with Gasteiger partial charge in [-0.3, -0.25) is 4.79 Å². The fraction of sp³-hybridized carbons (Fsp3) is 0.316. The van der Waals surface area contributed by atoms with Crippen molar-refractivity contribution >= 4 is 40.5 Å². The Morgan fingerprint density at radius 3 is 2.35 bits per heavy atom. The fourth-order valence-corrected chi connectivity index (χ4v) is 3.56. The Morgan fingerprint density at radius 2 is 1.69 bits per heavy atom. The molecule has 1 fully saturated rings. The SMILES string of the molecule is COc1ccccc1N1CCN(C(=O)CNc2c(Cl)cccc2Cl)CC1. The Bertz CT molecular complexity index is 757. The van der Waals surface area contributed by atoms with Crippen LogP contribution in [0.2, 0.25) is 10.0 Å². The van der Waals surface area contributed by atoms with E-state index in [-0.39, 0.29) is 12.5 Å². The van der Waals surface area contributed by atoms with Crippen molar-refractivity contribution in [3.05, 3.63) is 52.5 Å². The lowest BCUT2D eigenvalue weighted by Gasteiger charge is -2.36. The molecule has 1 heterocycles. The number of para-hydroxylation sites is 3. The molecule has 1 N–H and O–H groups in total. The van der Waals surface area contributed by atoms with Crippen LogP contribution in [0.5, 0.6) is 5.75 Å². The van der Waals surface area contributed by atoms with Gasteiger partial charge in [0.1, 0.15) is 5.75 Å². The molecule has 2 aromatic carbocycles. The molecule has 1 saturated heterocycles. The van der Waals surface area contributed by atoms with Gasteiger partial charge in [-0.1, -0.05) is 41.4 Å². The zero-order chi connectivity index (χ0) is 18.5. The van der Waals surface area contributed by atoms with E-state index in [2.05, 4.69) is 10.2 Å². The summed E-state index contributed by atoms with van der Waals surface area (Å²) < 4.78 is 5.43. The molecule has 0 aliphatic carbocycles. The van der Waals surface area contributed by atoms with E-state index in [0.717, 1.165) is 24.5 Å². The Hall–Kier alpha value is -2.11.